The van der Waals surface area contributed by atoms with Gasteiger partial charge in [-0.3, -0.25) is 9.36 Å². The van der Waals surface area contributed by atoms with E-state index in [4.69, 9.17) is 4.98 Å². The predicted molar refractivity (Wildman–Crippen MR) is 100 cm³/mol. The van der Waals surface area contributed by atoms with Crippen LogP contribution in [-0.2, 0) is 6.54 Å². The molecule has 4 rings (SSSR count). The molecule has 0 N–H and O–H groups in total. The fraction of sp³-hybridized carbons (Fsp3) is 0.294. The maximum Gasteiger partial charge on any atom is 0.263 e. The minimum Gasteiger partial charge on any atom is -0.286 e. The molecule has 3 nitrogen and oxygen atoms in total. The van der Waals surface area contributed by atoms with Crippen LogP contribution in [-0.4, -0.2) is 20.6 Å². The van der Waals surface area contributed by atoms with Crippen LogP contribution in [0.5, 0.6) is 0 Å². The summed E-state index contributed by atoms with van der Waals surface area (Å²) < 4.78 is 1.87. The van der Waals surface area contributed by atoms with E-state index in [0.29, 0.717) is 5.25 Å². The first-order chi connectivity index (χ1) is 11.1. The van der Waals surface area contributed by atoms with E-state index in [-0.39, 0.29) is 5.56 Å². The Morgan fingerprint density at radius 3 is 2.83 bits per heavy atom. The molecule has 6 heteroatoms. The third-order valence-electron chi connectivity index (χ3n) is 4.08. The molecule has 0 saturated heterocycles. The van der Waals surface area contributed by atoms with Crippen LogP contribution in [0.3, 0.4) is 0 Å². The molecule has 1 aromatic carbocycles. The summed E-state index contributed by atoms with van der Waals surface area (Å²) in [6.07, 6.45) is 0. The lowest BCUT2D eigenvalue weighted by Gasteiger charge is -2.24. The molecule has 0 amide bonds. The summed E-state index contributed by atoms with van der Waals surface area (Å²) in [4.78, 5) is 21.0. The summed E-state index contributed by atoms with van der Waals surface area (Å²) in [5.74, 6) is 0.987. The fourth-order valence-electron chi connectivity index (χ4n) is 2.77. The van der Waals surface area contributed by atoms with Crippen LogP contribution >= 0.6 is 34.9 Å². The second-order valence-corrected chi connectivity index (χ2v) is 9.20. The zero-order valence-electron chi connectivity index (χ0n) is 12.9. The van der Waals surface area contributed by atoms with E-state index in [1.165, 1.54) is 9.77 Å². The maximum absolute atomic E-state index is 12.9. The highest BCUT2D eigenvalue weighted by atomic mass is 32.2. The molecule has 118 valence electrons. The van der Waals surface area contributed by atoms with Crippen LogP contribution in [0.4, 0.5) is 0 Å². The van der Waals surface area contributed by atoms with Crippen molar-refractivity contribution in [2.75, 3.05) is 5.75 Å². The molecule has 0 fully saturated rings. The van der Waals surface area contributed by atoms with E-state index in [1.54, 1.807) is 23.1 Å². The van der Waals surface area contributed by atoms with Crippen LogP contribution in [0.25, 0.3) is 10.2 Å². The number of aromatic nitrogens is 2. The van der Waals surface area contributed by atoms with Crippen molar-refractivity contribution < 1.29 is 0 Å². The van der Waals surface area contributed by atoms with E-state index in [0.717, 1.165) is 33.2 Å². The second-order valence-electron chi connectivity index (χ2n) is 5.64. The standard InChI is InChI=1S/C17H16N2OS3/c1-10-11(2)22-15-14(10)16(20)19-8-13(9-21-17(19)18-15)23-12-6-4-3-5-7-12/h3-7,13H,8-9H2,1-2H3. The Morgan fingerprint density at radius 1 is 1.26 bits per heavy atom. The van der Waals surface area contributed by atoms with Crippen molar-refractivity contribution in [1.29, 1.82) is 0 Å². The highest BCUT2D eigenvalue weighted by molar-refractivity contribution is 8.03. The molecule has 0 bridgehead atoms. The summed E-state index contributed by atoms with van der Waals surface area (Å²) in [6.45, 7) is 4.82. The number of thiophene rings is 1. The molecule has 23 heavy (non-hydrogen) atoms. The summed E-state index contributed by atoms with van der Waals surface area (Å²) in [6, 6.07) is 10.4. The molecule has 0 spiro atoms. The number of hydrogen-bond donors (Lipinski definition) is 0. The number of benzene rings is 1. The Hall–Kier alpha value is -1.24. The molecule has 1 atom stereocenters. The molecule has 0 radical (unpaired) electrons. The lowest BCUT2D eigenvalue weighted by molar-refractivity contribution is 0.581. The summed E-state index contributed by atoms with van der Waals surface area (Å²) >= 11 is 5.17. The smallest absolute Gasteiger partial charge is 0.263 e. The van der Waals surface area contributed by atoms with Gasteiger partial charge in [0.2, 0.25) is 0 Å². The van der Waals surface area contributed by atoms with Crippen molar-refractivity contribution in [3.63, 3.8) is 0 Å². The average molecular weight is 361 g/mol. The zero-order valence-corrected chi connectivity index (χ0v) is 15.4. The third kappa shape index (κ3) is 2.73. The van der Waals surface area contributed by atoms with Crippen molar-refractivity contribution in [2.24, 2.45) is 0 Å². The molecule has 3 heterocycles. The SMILES string of the molecule is Cc1sc2nc3n(c(=O)c2c1C)CC(Sc1ccccc1)CS3. The highest BCUT2D eigenvalue weighted by Gasteiger charge is 2.24. The zero-order chi connectivity index (χ0) is 16.0. The van der Waals surface area contributed by atoms with Gasteiger partial charge in [-0.2, -0.15) is 0 Å². The number of thioether (sulfide) groups is 2. The molecule has 0 saturated carbocycles. The van der Waals surface area contributed by atoms with E-state index in [1.807, 2.05) is 29.3 Å². The number of aryl methyl sites for hydroxylation is 2. The Morgan fingerprint density at radius 2 is 2.04 bits per heavy atom. The van der Waals surface area contributed by atoms with Crippen LogP contribution in [0.15, 0.2) is 45.2 Å². The number of nitrogens with zero attached hydrogens (tertiary/aromatic N) is 2. The molecule has 1 aliphatic rings. The van der Waals surface area contributed by atoms with Crippen molar-refractivity contribution in [2.45, 2.75) is 35.7 Å². The largest absolute Gasteiger partial charge is 0.286 e. The lowest BCUT2D eigenvalue weighted by Crippen LogP contribution is -2.32. The van der Waals surface area contributed by atoms with Gasteiger partial charge < -0.3 is 0 Å². The summed E-state index contributed by atoms with van der Waals surface area (Å²) in [5.41, 5.74) is 1.21. The first-order valence-corrected chi connectivity index (χ1v) is 10.2. The first kappa shape index (κ1) is 15.3. The van der Waals surface area contributed by atoms with Crippen molar-refractivity contribution in [3.05, 3.63) is 51.1 Å². The molecule has 0 aliphatic carbocycles. The van der Waals surface area contributed by atoms with Gasteiger partial charge in [-0.05, 0) is 31.5 Å². The number of hydrogen-bond acceptors (Lipinski definition) is 5. The molecular formula is C17H16N2OS3. The monoisotopic (exact) mass is 360 g/mol. The van der Waals surface area contributed by atoms with Crippen molar-refractivity contribution >= 4 is 45.1 Å². The minimum atomic E-state index is 0.123. The lowest BCUT2D eigenvalue weighted by atomic mass is 10.2. The fourth-order valence-corrected chi connectivity index (χ4v) is 6.15. The number of rotatable bonds is 2. The van der Waals surface area contributed by atoms with Gasteiger partial charge in [0.15, 0.2) is 5.16 Å². The maximum atomic E-state index is 12.9. The van der Waals surface area contributed by atoms with Crippen LogP contribution < -0.4 is 5.56 Å². The highest BCUT2D eigenvalue weighted by Crippen LogP contribution is 2.34. The van der Waals surface area contributed by atoms with Crippen LogP contribution in [0.1, 0.15) is 10.4 Å². The molecule has 2 aromatic heterocycles. The van der Waals surface area contributed by atoms with E-state index in [2.05, 4.69) is 31.2 Å². The van der Waals surface area contributed by atoms with Crippen molar-refractivity contribution in [3.8, 4) is 0 Å². The van der Waals surface area contributed by atoms with Crippen molar-refractivity contribution in [1.82, 2.24) is 9.55 Å². The Kier molecular flexibility index (Phi) is 3.99. The average Bonchev–Trinajstić information content (AvgIpc) is 2.84. The van der Waals surface area contributed by atoms with Gasteiger partial charge in [0, 0.05) is 27.3 Å². The predicted octanol–water partition coefficient (Wildman–Crippen LogP) is 4.34. The first-order valence-electron chi connectivity index (χ1n) is 7.48. The normalized spacial score (nSPS) is 17.4. The van der Waals surface area contributed by atoms with E-state index >= 15 is 0 Å². The van der Waals surface area contributed by atoms with Crippen LogP contribution in [0.2, 0.25) is 0 Å². The summed E-state index contributed by atoms with van der Waals surface area (Å²) in [5, 5.41) is 2.07. The number of fused-ring (bicyclic) bond motifs is 2. The Balaban J connectivity index is 1.71. The topological polar surface area (TPSA) is 34.9 Å². The van der Waals surface area contributed by atoms with Gasteiger partial charge in [-0.1, -0.05) is 30.0 Å². The van der Waals surface area contributed by atoms with Gasteiger partial charge in [-0.25, -0.2) is 4.98 Å². The molecule has 3 aromatic rings. The molecule has 1 unspecified atom stereocenters. The Labute approximate surface area is 147 Å². The van der Waals surface area contributed by atoms with Gasteiger partial charge in [0.25, 0.3) is 5.56 Å². The minimum absolute atomic E-state index is 0.123. The van der Waals surface area contributed by atoms with E-state index in [9.17, 15) is 4.79 Å². The quantitative estimate of drug-likeness (QED) is 0.637. The summed E-state index contributed by atoms with van der Waals surface area (Å²) in [7, 11) is 0. The molecule has 1 aliphatic heterocycles. The second kappa shape index (κ2) is 6.00. The van der Waals surface area contributed by atoms with E-state index < -0.39 is 0 Å². The van der Waals surface area contributed by atoms with Gasteiger partial charge in [0.1, 0.15) is 4.83 Å². The van der Waals surface area contributed by atoms with Gasteiger partial charge >= 0.3 is 0 Å². The van der Waals surface area contributed by atoms with Crippen LogP contribution in [0, 0.1) is 13.8 Å². The molecular weight excluding hydrogens is 344 g/mol. The third-order valence-corrected chi connectivity index (χ3v) is 7.73. The Bertz CT molecular complexity index is 930. The van der Waals surface area contributed by atoms with Gasteiger partial charge in [-0.15, -0.1) is 23.1 Å². The van der Waals surface area contributed by atoms with Gasteiger partial charge in [0.05, 0.1) is 5.39 Å².